The molecule has 2 N–H and O–H groups in total. The summed E-state index contributed by atoms with van der Waals surface area (Å²) in [6.07, 6.45) is -4.51. The molecule has 2 aromatic carbocycles. The minimum Gasteiger partial charge on any atom is -0.406 e. The molecule has 0 saturated carbocycles. The van der Waals surface area contributed by atoms with Gasteiger partial charge in [0.05, 0.1) is 5.69 Å². The number of anilines is 2. The van der Waals surface area contributed by atoms with Crippen LogP contribution in [-0.4, -0.2) is 26.5 Å². The maximum Gasteiger partial charge on any atom is 0.573 e. The van der Waals surface area contributed by atoms with Crippen LogP contribution in [0.4, 0.5) is 24.5 Å². The molecular weight excluding hydrogens is 423 g/mol. The Bertz CT molecular complexity index is 1070. The highest BCUT2D eigenvalue weighted by molar-refractivity contribution is 7.90. The molecule has 0 fully saturated rings. The summed E-state index contributed by atoms with van der Waals surface area (Å²) in [4.78, 5) is 12.3. The highest BCUT2D eigenvalue weighted by atomic mass is 32.2. The molecular formula is C19H18F3N3O4S. The molecule has 0 saturated heterocycles. The molecule has 0 aromatic heterocycles. The second-order valence-corrected chi connectivity index (χ2v) is 8.34. The molecule has 1 amide bonds. The Balaban J connectivity index is 1.56. The van der Waals surface area contributed by atoms with Gasteiger partial charge in [-0.15, -0.1) is 17.6 Å². The van der Waals surface area contributed by atoms with Gasteiger partial charge in [-0.3, -0.25) is 4.79 Å². The number of nitrogens with zero attached hydrogens (tertiary/aromatic N) is 1. The summed E-state index contributed by atoms with van der Waals surface area (Å²) in [7, 11) is -3.80. The maximum absolute atomic E-state index is 12.3. The fourth-order valence-corrected chi connectivity index (χ4v) is 4.08. The van der Waals surface area contributed by atoms with Gasteiger partial charge >= 0.3 is 6.36 Å². The van der Waals surface area contributed by atoms with Crippen LogP contribution < -0.4 is 15.4 Å². The van der Waals surface area contributed by atoms with Gasteiger partial charge in [0, 0.05) is 18.5 Å². The summed E-state index contributed by atoms with van der Waals surface area (Å²) in [6.45, 7) is 1.76. The van der Waals surface area contributed by atoms with Crippen molar-refractivity contribution in [2.24, 2.45) is 10.3 Å². The summed E-state index contributed by atoms with van der Waals surface area (Å²) in [5.74, 6) is -0.768. The van der Waals surface area contributed by atoms with Crippen molar-refractivity contribution in [2.45, 2.75) is 31.0 Å². The zero-order valence-corrected chi connectivity index (χ0v) is 16.5. The van der Waals surface area contributed by atoms with Gasteiger partial charge in [0.1, 0.15) is 16.5 Å². The monoisotopic (exact) mass is 441 g/mol. The van der Waals surface area contributed by atoms with E-state index >= 15 is 0 Å². The number of fused-ring (bicyclic) bond motifs is 1. The van der Waals surface area contributed by atoms with Crippen molar-refractivity contribution >= 4 is 33.1 Å². The number of benzene rings is 2. The molecule has 1 aliphatic heterocycles. The van der Waals surface area contributed by atoms with Gasteiger partial charge in [-0.25, -0.2) is 0 Å². The first-order chi connectivity index (χ1) is 14.0. The zero-order chi connectivity index (χ0) is 21.9. The molecule has 3 rings (SSSR count). The number of alkyl halides is 3. The Morgan fingerprint density at radius 1 is 1.17 bits per heavy atom. The number of carbonyl (C=O) groups excluding carboxylic acids is 1. The van der Waals surface area contributed by atoms with E-state index in [9.17, 15) is 26.4 Å². The molecule has 1 heterocycles. The summed E-state index contributed by atoms with van der Waals surface area (Å²) in [5, 5.41) is 5.54. The van der Waals surface area contributed by atoms with Gasteiger partial charge in [-0.2, -0.15) is 8.42 Å². The van der Waals surface area contributed by atoms with E-state index in [-0.39, 0.29) is 35.4 Å². The van der Waals surface area contributed by atoms with Crippen LogP contribution in [0.5, 0.6) is 5.75 Å². The molecule has 1 atom stereocenters. The van der Waals surface area contributed by atoms with Crippen LogP contribution in [0.2, 0.25) is 0 Å². The second kappa shape index (κ2) is 8.34. The number of rotatable bonds is 6. The van der Waals surface area contributed by atoms with E-state index in [1.54, 1.807) is 25.1 Å². The molecule has 11 heteroatoms. The average Bonchev–Trinajstić information content (AvgIpc) is 2.61. The Morgan fingerprint density at radius 3 is 2.50 bits per heavy atom. The van der Waals surface area contributed by atoms with E-state index < -0.39 is 22.1 Å². The molecule has 1 aliphatic rings. The lowest BCUT2D eigenvalue weighted by Crippen LogP contribution is -2.25. The molecule has 30 heavy (non-hydrogen) atoms. The molecule has 7 nitrogen and oxygen atoms in total. The summed E-state index contributed by atoms with van der Waals surface area (Å²) in [5.41, 5.74) is 0.742. The van der Waals surface area contributed by atoms with Crippen molar-refractivity contribution in [1.29, 1.82) is 0 Å². The summed E-state index contributed by atoms with van der Waals surface area (Å²) in [6, 6.07) is 11.2. The van der Waals surface area contributed by atoms with Crippen molar-refractivity contribution in [3.05, 3.63) is 48.5 Å². The molecule has 0 bridgehead atoms. The molecule has 160 valence electrons. The van der Waals surface area contributed by atoms with Crippen molar-refractivity contribution in [1.82, 2.24) is 0 Å². The van der Waals surface area contributed by atoms with Crippen LogP contribution in [0.3, 0.4) is 0 Å². The molecule has 0 aliphatic carbocycles. The molecule has 2 aromatic rings. The van der Waals surface area contributed by atoms with E-state index in [0.29, 0.717) is 11.4 Å². The molecule has 0 unspecified atom stereocenters. The predicted molar refractivity (Wildman–Crippen MR) is 105 cm³/mol. The van der Waals surface area contributed by atoms with Crippen LogP contribution in [0.1, 0.15) is 19.8 Å². The fourth-order valence-electron chi connectivity index (χ4n) is 2.93. The summed E-state index contributed by atoms with van der Waals surface area (Å²) < 4.78 is 68.6. The average molecular weight is 441 g/mol. The van der Waals surface area contributed by atoms with E-state index in [0.717, 1.165) is 12.1 Å². The SMILES string of the molecule is C[C@@H](CC(=O)Nc1ccc(OC(F)(F)F)cc1)CC1=NS(=O)(=O)c2ccccc2N1. The predicted octanol–water partition coefficient (Wildman–Crippen LogP) is 4.15. The van der Waals surface area contributed by atoms with E-state index in [1.807, 2.05) is 0 Å². The number of hydrogen-bond donors (Lipinski definition) is 2. The fraction of sp³-hybridized carbons (Fsp3) is 0.263. The third kappa shape index (κ3) is 5.72. The lowest BCUT2D eigenvalue weighted by atomic mass is 10.0. The first kappa shape index (κ1) is 21.6. The number of amides is 1. The smallest absolute Gasteiger partial charge is 0.406 e. The number of carbonyl (C=O) groups is 1. The van der Waals surface area contributed by atoms with Gasteiger partial charge in [-0.1, -0.05) is 19.1 Å². The quantitative estimate of drug-likeness (QED) is 0.702. The Morgan fingerprint density at radius 2 is 1.83 bits per heavy atom. The maximum atomic E-state index is 12.3. The van der Waals surface area contributed by atoms with Gasteiger partial charge in [-0.05, 0) is 42.3 Å². The number of ether oxygens (including phenoxy) is 1. The topological polar surface area (TPSA) is 96.9 Å². The molecule has 0 spiro atoms. The van der Waals surface area contributed by atoms with Crippen molar-refractivity contribution in [3.8, 4) is 5.75 Å². The van der Waals surface area contributed by atoms with Gasteiger partial charge < -0.3 is 15.4 Å². The first-order valence-corrected chi connectivity index (χ1v) is 10.3. The number of amidine groups is 1. The van der Waals surface area contributed by atoms with Crippen molar-refractivity contribution < 1.29 is 31.1 Å². The van der Waals surface area contributed by atoms with E-state index in [2.05, 4.69) is 19.8 Å². The Labute approximate surface area is 171 Å². The lowest BCUT2D eigenvalue weighted by molar-refractivity contribution is -0.274. The van der Waals surface area contributed by atoms with Gasteiger partial charge in [0.15, 0.2) is 0 Å². The van der Waals surface area contributed by atoms with E-state index in [4.69, 9.17) is 0 Å². The highest BCUT2D eigenvalue weighted by Gasteiger charge is 2.31. The van der Waals surface area contributed by atoms with Gasteiger partial charge in [0.25, 0.3) is 10.0 Å². The van der Waals surface area contributed by atoms with Gasteiger partial charge in [0.2, 0.25) is 5.91 Å². The first-order valence-electron chi connectivity index (χ1n) is 8.87. The number of sulfonamides is 1. The third-order valence-electron chi connectivity index (χ3n) is 4.12. The minimum atomic E-state index is -4.79. The number of para-hydroxylation sites is 1. The van der Waals surface area contributed by atoms with E-state index in [1.165, 1.54) is 18.2 Å². The molecule has 0 radical (unpaired) electrons. The zero-order valence-electron chi connectivity index (χ0n) is 15.7. The highest BCUT2D eigenvalue weighted by Crippen LogP contribution is 2.28. The number of halogens is 3. The number of nitrogens with one attached hydrogen (secondary N) is 2. The second-order valence-electron chi connectivity index (χ2n) is 6.77. The standard InChI is InChI=1S/C19H18F3N3O4S/c1-12(10-17-24-15-4-2-3-5-16(15)30(27,28)25-17)11-18(26)23-13-6-8-14(9-7-13)29-19(20,21)22/h2-9,12H,10-11H2,1H3,(H,23,26)(H,24,25)/t12-/m1/s1. The normalized spacial score (nSPS) is 15.9. The largest absolute Gasteiger partial charge is 0.573 e. The van der Waals surface area contributed by atoms with Crippen molar-refractivity contribution in [3.63, 3.8) is 0 Å². The third-order valence-corrected chi connectivity index (χ3v) is 5.49. The minimum absolute atomic E-state index is 0.0587. The van der Waals surface area contributed by atoms with Crippen molar-refractivity contribution in [2.75, 3.05) is 10.6 Å². The van der Waals surface area contributed by atoms with Crippen LogP contribution in [0, 0.1) is 5.92 Å². The van der Waals surface area contributed by atoms with Crippen LogP contribution in [-0.2, 0) is 14.8 Å². The lowest BCUT2D eigenvalue weighted by Gasteiger charge is -2.20. The summed E-state index contributed by atoms with van der Waals surface area (Å²) >= 11 is 0. The van der Waals surface area contributed by atoms with Crippen LogP contribution in [0.25, 0.3) is 0 Å². The Kier molecular flexibility index (Phi) is 6.01. The Hall–Kier alpha value is -3.08. The number of hydrogen-bond acceptors (Lipinski definition) is 5. The van der Waals surface area contributed by atoms with Crippen LogP contribution in [0.15, 0.2) is 57.8 Å². The van der Waals surface area contributed by atoms with Crippen LogP contribution >= 0.6 is 0 Å².